The minimum Gasteiger partial charge on any atom is -0.465 e. The number of aromatic nitrogens is 2. The number of urea groups is 1. The zero-order valence-corrected chi connectivity index (χ0v) is 17.2. The Morgan fingerprint density at radius 2 is 1.61 bits per heavy atom. The van der Waals surface area contributed by atoms with Crippen molar-refractivity contribution in [3.05, 3.63) is 66.5 Å². The van der Waals surface area contributed by atoms with Gasteiger partial charge in [0.2, 0.25) is 0 Å². The van der Waals surface area contributed by atoms with Gasteiger partial charge in [-0.15, -0.1) is 0 Å². The Morgan fingerprint density at radius 1 is 0.935 bits per heavy atom. The van der Waals surface area contributed by atoms with Crippen LogP contribution < -0.4 is 15.5 Å². The molecule has 8 nitrogen and oxygen atoms in total. The van der Waals surface area contributed by atoms with E-state index < -0.39 is 12.0 Å². The molecule has 2 N–H and O–H groups in total. The van der Waals surface area contributed by atoms with Crippen LogP contribution in [0.4, 0.5) is 22.0 Å². The van der Waals surface area contributed by atoms with Crippen LogP contribution >= 0.6 is 0 Å². The minimum absolute atomic E-state index is 0.361. The summed E-state index contributed by atoms with van der Waals surface area (Å²) in [5.74, 6) is 0.399. The van der Waals surface area contributed by atoms with Crippen molar-refractivity contribution < 1.29 is 14.3 Å². The molecule has 158 valence electrons. The Morgan fingerprint density at radius 3 is 2.35 bits per heavy atom. The number of ether oxygens (including phenoxy) is 1. The molecule has 4 rings (SSSR count). The van der Waals surface area contributed by atoms with Crippen molar-refractivity contribution in [2.24, 2.45) is 0 Å². The van der Waals surface area contributed by atoms with Crippen molar-refractivity contribution in [2.75, 3.05) is 35.7 Å². The Kier molecular flexibility index (Phi) is 6.07. The zero-order valence-electron chi connectivity index (χ0n) is 17.2. The van der Waals surface area contributed by atoms with Crippen LogP contribution in [0.25, 0.3) is 11.3 Å². The number of carbonyl (C=O) groups is 2. The molecular formula is C23H23N5O3. The zero-order chi connectivity index (χ0) is 21.6. The molecule has 0 radical (unpaired) electrons. The molecule has 1 fully saturated rings. The summed E-state index contributed by atoms with van der Waals surface area (Å²) < 4.78 is 4.71. The van der Waals surface area contributed by atoms with E-state index in [1.54, 1.807) is 42.7 Å². The fourth-order valence-electron chi connectivity index (χ4n) is 3.57. The number of hydrogen-bond donors (Lipinski definition) is 2. The molecule has 0 spiro atoms. The predicted octanol–water partition coefficient (Wildman–Crippen LogP) is 4.17. The summed E-state index contributed by atoms with van der Waals surface area (Å²) in [6.07, 6.45) is 5.68. The van der Waals surface area contributed by atoms with Gasteiger partial charge in [0.1, 0.15) is 5.69 Å². The first-order valence-corrected chi connectivity index (χ1v) is 10.1. The van der Waals surface area contributed by atoms with E-state index in [4.69, 9.17) is 4.74 Å². The molecule has 1 saturated heterocycles. The maximum Gasteiger partial charge on any atom is 0.337 e. The normalized spacial score (nSPS) is 13.0. The fraction of sp³-hybridized carbons (Fsp3) is 0.217. The molecule has 31 heavy (non-hydrogen) atoms. The van der Waals surface area contributed by atoms with Crippen molar-refractivity contribution in [1.29, 1.82) is 0 Å². The molecule has 2 aromatic carbocycles. The lowest BCUT2D eigenvalue weighted by Crippen LogP contribution is -2.20. The number of hydrogen-bond acceptors (Lipinski definition) is 6. The van der Waals surface area contributed by atoms with Gasteiger partial charge in [-0.25, -0.2) is 14.6 Å². The monoisotopic (exact) mass is 417 g/mol. The van der Waals surface area contributed by atoms with Crippen molar-refractivity contribution in [2.45, 2.75) is 12.8 Å². The molecule has 8 heteroatoms. The highest BCUT2D eigenvalue weighted by atomic mass is 16.5. The summed E-state index contributed by atoms with van der Waals surface area (Å²) in [5.41, 5.74) is 3.14. The van der Waals surface area contributed by atoms with Gasteiger partial charge in [0.15, 0.2) is 5.82 Å². The first kappa shape index (κ1) is 20.3. The van der Waals surface area contributed by atoms with Crippen molar-refractivity contribution in [3.63, 3.8) is 0 Å². The Balaban J connectivity index is 1.50. The largest absolute Gasteiger partial charge is 0.465 e. The van der Waals surface area contributed by atoms with Crippen molar-refractivity contribution in [1.82, 2.24) is 9.97 Å². The highest BCUT2D eigenvalue weighted by molar-refractivity contribution is 6.01. The third kappa shape index (κ3) is 4.80. The topological polar surface area (TPSA) is 96.4 Å². The summed E-state index contributed by atoms with van der Waals surface area (Å²) in [4.78, 5) is 35.5. The number of nitrogens with one attached hydrogen (secondary N) is 2. The van der Waals surface area contributed by atoms with E-state index in [1.807, 2.05) is 18.2 Å². The van der Waals surface area contributed by atoms with E-state index in [2.05, 4.69) is 25.5 Å². The second-order valence-electron chi connectivity index (χ2n) is 7.16. The number of benzene rings is 2. The number of methoxy groups -OCH3 is 1. The average molecular weight is 417 g/mol. The molecule has 3 aromatic rings. The van der Waals surface area contributed by atoms with E-state index in [1.165, 1.54) is 7.11 Å². The van der Waals surface area contributed by atoms with Crippen LogP contribution in [0.2, 0.25) is 0 Å². The summed E-state index contributed by atoms with van der Waals surface area (Å²) in [5, 5.41) is 5.56. The molecule has 1 aliphatic heterocycles. The quantitative estimate of drug-likeness (QED) is 0.605. The van der Waals surface area contributed by atoms with Gasteiger partial charge >= 0.3 is 12.0 Å². The third-order valence-corrected chi connectivity index (χ3v) is 5.02. The van der Waals surface area contributed by atoms with Crippen LogP contribution in [-0.4, -0.2) is 42.2 Å². The number of nitrogens with zero attached hydrogens (tertiary/aromatic N) is 3. The van der Waals surface area contributed by atoms with Gasteiger partial charge in [-0.2, -0.15) is 0 Å². The Hall–Kier alpha value is -3.94. The van der Waals surface area contributed by atoms with E-state index in [9.17, 15) is 9.59 Å². The maximum absolute atomic E-state index is 12.5. The first-order chi connectivity index (χ1) is 15.1. The lowest BCUT2D eigenvalue weighted by atomic mass is 10.1. The standard InChI is InChI=1S/C23H23N5O3/c1-31-22(29)17-7-5-9-19(15-17)27-23(30)26-18-8-4-6-16(14-18)20-21(25-11-10-24-20)28-12-2-3-13-28/h4-11,14-15H,2-3,12-13H2,1H3,(H2,26,27,30). The number of anilines is 3. The van der Waals surface area contributed by atoms with Gasteiger partial charge in [0.05, 0.1) is 12.7 Å². The van der Waals surface area contributed by atoms with Crippen LogP contribution in [0.1, 0.15) is 23.2 Å². The molecule has 0 saturated carbocycles. The number of esters is 1. The van der Waals surface area contributed by atoms with Gasteiger partial charge in [0, 0.05) is 42.4 Å². The summed E-state index contributed by atoms with van der Waals surface area (Å²) in [6.45, 7) is 1.94. The van der Waals surface area contributed by atoms with Gasteiger partial charge in [0.25, 0.3) is 0 Å². The summed E-state index contributed by atoms with van der Waals surface area (Å²) >= 11 is 0. The second kappa shape index (κ2) is 9.25. The first-order valence-electron chi connectivity index (χ1n) is 10.1. The number of carbonyl (C=O) groups excluding carboxylic acids is 2. The van der Waals surface area contributed by atoms with Crippen LogP contribution in [0.3, 0.4) is 0 Å². The average Bonchev–Trinajstić information content (AvgIpc) is 3.34. The lowest BCUT2D eigenvalue weighted by Gasteiger charge is -2.19. The molecule has 0 aliphatic carbocycles. The minimum atomic E-state index is -0.463. The van der Waals surface area contributed by atoms with Crippen molar-refractivity contribution in [3.8, 4) is 11.3 Å². The Bertz CT molecular complexity index is 1100. The highest BCUT2D eigenvalue weighted by Gasteiger charge is 2.19. The molecule has 2 heterocycles. The molecule has 2 amide bonds. The summed E-state index contributed by atoms with van der Waals surface area (Å²) in [7, 11) is 1.31. The fourth-order valence-corrected chi connectivity index (χ4v) is 3.57. The molecule has 1 aromatic heterocycles. The summed E-state index contributed by atoms with van der Waals surface area (Å²) in [6, 6.07) is 13.6. The predicted molar refractivity (Wildman–Crippen MR) is 119 cm³/mol. The van der Waals surface area contributed by atoms with Gasteiger partial charge in [-0.05, 0) is 43.2 Å². The SMILES string of the molecule is COC(=O)c1cccc(NC(=O)Nc2cccc(-c3nccnc3N3CCCC3)c2)c1. The molecule has 0 atom stereocenters. The maximum atomic E-state index is 12.5. The van der Waals surface area contributed by atoms with E-state index in [0.717, 1.165) is 43.0 Å². The highest BCUT2D eigenvalue weighted by Crippen LogP contribution is 2.30. The van der Waals surface area contributed by atoms with Crippen LogP contribution in [-0.2, 0) is 4.74 Å². The van der Waals surface area contributed by atoms with E-state index in [0.29, 0.717) is 16.9 Å². The molecule has 0 bridgehead atoms. The molecule has 0 unspecified atom stereocenters. The third-order valence-electron chi connectivity index (χ3n) is 5.02. The van der Waals surface area contributed by atoms with Crippen LogP contribution in [0.5, 0.6) is 0 Å². The van der Waals surface area contributed by atoms with Crippen LogP contribution in [0, 0.1) is 0 Å². The van der Waals surface area contributed by atoms with E-state index in [-0.39, 0.29) is 0 Å². The van der Waals surface area contributed by atoms with E-state index >= 15 is 0 Å². The van der Waals surface area contributed by atoms with Crippen molar-refractivity contribution >= 4 is 29.2 Å². The smallest absolute Gasteiger partial charge is 0.337 e. The van der Waals surface area contributed by atoms with Gasteiger partial charge < -0.3 is 20.3 Å². The number of rotatable bonds is 5. The van der Waals surface area contributed by atoms with Gasteiger partial charge in [-0.3, -0.25) is 4.98 Å². The second-order valence-corrected chi connectivity index (χ2v) is 7.16. The van der Waals surface area contributed by atoms with Crippen LogP contribution in [0.15, 0.2) is 60.9 Å². The lowest BCUT2D eigenvalue weighted by molar-refractivity contribution is 0.0600. The number of amides is 2. The molecule has 1 aliphatic rings. The Labute approximate surface area is 180 Å². The molecular weight excluding hydrogens is 394 g/mol. The van der Waals surface area contributed by atoms with Gasteiger partial charge in [-0.1, -0.05) is 18.2 Å².